The molecule has 0 unspecified atom stereocenters. The second-order valence-corrected chi connectivity index (χ2v) is 7.22. The molecule has 2 N–H and O–H groups in total. The Balaban J connectivity index is 1.71. The van der Waals surface area contributed by atoms with Crippen LogP contribution in [0.25, 0.3) is 10.9 Å². The van der Waals surface area contributed by atoms with Crippen molar-refractivity contribution in [2.45, 2.75) is 20.4 Å². The third-order valence-corrected chi connectivity index (χ3v) is 5.23. The van der Waals surface area contributed by atoms with Crippen LogP contribution in [0.1, 0.15) is 16.8 Å². The number of nitrogens with zero attached hydrogens (tertiary/aromatic N) is 2. The summed E-state index contributed by atoms with van der Waals surface area (Å²) in [6, 6.07) is 7.69. The van der Waals surface area contributed by atoms with Crippen LogP contribution in [0.15, 0.2) is 30.5 Å². The van der Waals surface area contributed by atoms with E-state index < -0.39 is 0 Å². The Morgan fingerprint density at radius 1 is 1.27 bits per heavy atom. The summed E-state index contributed by atoms with van der Waals surface area (Å²) >= 11 is 6.11. The summed E-state index contributed by atoms with van der Waals surface area (Å²) in [4.78, 5) is 10.6. The van der Waals surface area contributed by atoms with Gasteiger partial charge in [0.2, 0.25) is 0 Å². The van der Waals surface area contributed by atoms with Gasteiger partial charge in [-0.2, -0.15) is 0 Å². The van der Waals surface area contributed by atoms with Gasteiger partial charge in [0.05, 0.1) is 18.7 Å². The number of hydrogen-bond acceptors (Lipinski definition) is 4. The van der Waals surface area contributed by atoms with Crippen molar-refractivity contribution in [2.75, 3.05) is 31.6 Å². The monoisotopic (exact) mass is 370 g/mol. The first-order chi connectivity index (χ1) is 12.6. The average Bonchev–Trinajstić information content (AvgIpc) is 2.94. The Morgan fingerprint density at radius 3 is 2.85 bits per heavy atom. The molecule has 136 valence electrons. The molecule has 0 spiro atoms. The molecular formula is C20H23ClN4O. The van der Waals surface area contributed by atoms with Crippen LogP contribution in [0.5, 0.6) is 0 Å². The number of aryl methyl sites for hydroxylation is 2. The van der Waals surface area contributed by atoms with Gasteiger partial charge >= 0.3 is 0 Å². The molecule has 0 aliphatic carbocycles. The molecule has 1 fully saturated rings. The lowest BCUT2D eigenvalue weighted by Crippen LogP contribution is -2.35. The second kappa shape index (κ2) is 7.27. The lowest BCUT2D eigenvalue weighted by molar-refractivity contribution is 0.0343. The summed E-state index contributed by atoms with van der Waals surface area (Å²) in [5, 5.41) is 5.36. The standard InChI is InChI=1S/C20H23ClN4O/c1-13-14(2)23-19-18(13)15(12-25-6-8-26-9-7-25)11-22-20(19)24-17-5-3-4-16(21)10-17/h3-5,10-11,23H,6-9,12H2,1-2H3,(H,22,24). The van der Waals surface area contributed by atoms with Crippen molar-refractivity contribution < 1.29 is 4.74 Å². The third kappa shape index (κ3) is 3.43. The predicted molar refractivity (Wildman–Crippen MR) is 106 cm³/mol. The molecule has 1 saturated heterocycles. The Hall–Kier alpha value is -2.08. The number of fused-ring (bicyclic) bond motifs is 1. The summed E-state index contributed by atoms with van der Waals surface area (Å²) in [5.74, 6) is 0.823. The van der Waals surface area contributed by atoms with Crippen molar-refractivity contribution in [2.24, 2.45) is 0 Å². The second-order valence-electron chi connectivity index (χ2n) is 6.78. The average molecular weight is 371 g/mol. The summed E-state index contributed by atoms with van der Waals surface area (Å²) in [6.45, 7) is 8.70. The molecule has 4 rings (SSSR count). The fourth-order valence-corrected chi connectivity index (χ4v) is 3.68. The molecule has 0 amide bonds. The molecule has 1 aliphatic heterocycles. The van der Waals surface area contributed by atoms with Crippen LogP contribution in [0.2, 0.25) is 5.02 Å². The van der Waals surface area contributed by atoms with Gasteiger partial charge in [0, 0.05) is 47.6 Å². The molecule has 3 heterocycles. The van der Waals surface area contributed by atoms with Gasteiger partial charge in [0.1, 0.15) is 0 Å². The Morgan fingerprint density at radius 2 is 2.08 bits per heavy atom. The Kier molecular flexibility index (Phi) is 4.85. The zero-order chi connectivity index (χ0) is 18.1. The summed E-state index contributed by atoms with van der Waals surface area (Å²) < 4.78 is 5.46. The van der Waals surface area contributed by atoms with E-state index >= 15 is 0 Å². The van der Waals surface area contributed by atoms with E-state index in [-0.39, 0.29) is 0 Å². The highest BCUT2D eigenvalue weighted by molar-refractivity contribution is 6.30. The van der Waals surface area contributed by atoms with Gasteiger partial charge in [0.25, 0.3) is 0 Å². The van der Waals surface area contributed by atoms with Gasteiger partial charge in [-0.15, -0.1) is 0 Å². The van der Waals surface area contributed by atoms with Crippen LogP contribution in [0.3, 0.4) is 0 Å². The molecule has 0 atom stereocenters. The van der Waals surface area contributed by atoms with Gasteiger partial charge in [0.15, 0.2) is 5.82 Å². The zero-order valence-electron chi connectivity index (χ0n) is 15.1. The predicted octanol–water partition coefficient (Wildman–Crippen LogP) is 4.41. The number of H-pyrrole nitrogens is 1. The number of aromatic amines is 1. The molecule has 0 bridgehead atoms. The minimum Gasteiger partial charge on any atom is -0.379 e. The number of morpholine rings is 1. The molecule has 26 heavy (non-hydrogen) atoms. The highest BCUT2D eigenvalue weighted by Gasteiger charge is 2.18. The van der Waals surface area contributed by atoms with Gasteiger partial charge in [-0.25, -0.2) is 4.98 Å². The maximum atomic E-state index is 6.11. The Bertz CT molecular complexity index is 931. The quantitative estimate of drug-likeness (QED) is 0.714. The molecule has 1 aromatic carbocycles. The fraction of sp³-hybridized carbons (Fsp3) is 0.350. The van der Waals surface area contributed by atoms with E-state index in [1.165, 1.54) is 22.2 Å². The lowest BCUT2D eigenvalue weighted by atomic mass is 10.1. The van der Waals surface area contributed by atoms with Gasteiger partial charge in [-0.3, -0.25) is 4.90 Å². The lowest BCUT2D eigenvalue weighted by Gasteiger charge is -2.27. The van der Waals surface area contributed by atoms with E-state index in [9.17, 15) is 0 Å². The summed E-state index contributed by atoms with van der Waals surface area (Å²) in [5.41, 5.74) is 5.67. The van der Waals surface area contributed by atoms with Crippen LogP contribution < -0.4 is 5.32 Å². The minimum atomic E-state index is 0.703. The van der Waals surface area contributed by atoms with Crippen molar-refractivity contribution in [3.63, 3.8) is 0 Å². The highest BCUT2D eigenvalue weighted by Crippen LogP contribution is 2.32. The fourth-order valence-electron chi connectivity index (χ4n) is 3.49. The molecule has 5 nitrogen and oxygen atoms in total. The number of nitrogens with one attached hydrogen (secondary N) is 2. The zero-order valence-corrected chi connectivity index (χ0v) is 15.9. The minimum absolute atomic E-state index is 0.703. The van der Waals surface area contributed by atoms with E-state index in [2.05, 4.69) is 29.0 Å². The number of pyridine rings is 1. The van der Waals surface area contributed by atoms with E-state index in [1.807, 2.05) is 30.5 Å². The number of aromatic nitrogens is 2. The van der Waals surface area contributed by atoms with Gasteiger partial charge in [-0.05, 0) is 43.2 Å². The number of halogens is 1. The molecule has 3 aromatic rings. The largest absolute Gasteiger partial charge is 0.379 e. The van der Waals surface area contributed by atoms with Crippen LogP contribution in [-0.4, -0.2) is 41.2 Å². The van der Waals surface area contributed by atoms with Gasteiger partial charge in [-0.1, -0.05) is 17.7 Å². The SMILES string of the molecule is Cc1[nH]c2c(Nc3cccc(Cl)c3)ncc(CN3CCOCC3)c2c1C. The first-order valence-corrected chi connectivity index (χ1v) is 9.29. The van der Waals surface area contributed by atoms with Gasteiger partial charge < -0.3 is 15.0 Å². The van der Waals surface area contributed by atoms with E-state index in [0.29, 0.717) is 5.02 Å². The number of anilines is 2. The first kappa shape index (κ1) is 17.3. The maximum absolute atomic E-state index is 6.11. The first-order valence-electron chi connectivity index (χ1n) is 8.91. The van der Waals surface area contributed by atoms with Crippen LogP contribution in [-0.2, 0) is 11.3 Å². The number of rotatable bonds is 4. The molecule has 2 aromatic heterocycles. The topological polar surface area (TPSA) is 53.2 Å². The molecule has 6 heteroatoms. The summed E-state index contributed by atoms with van der Waals surface area (Å²) in [7, 11) is 0. The van der Waals surface area contributed by atoms with Crippen molar-refractivity contribution in [3.05, 3.63) is 52.3 Å². The van der Waals surface area contributed by atoms with Crippen molar-refractivity contribution in [1.29, 1.82) is 0 Å². The maximum Gasteiger partial charge on any atom is 0.154 e. The number of benzene rings is 1. The Labute approximate surface area is 158 Å². The number of hydrogen-bond donors (Lipinski definition) is 2. The van der Waals surface area contributed by atoms with Crippen LogP contribution >= 0.6 is 11.6 Å². The normalized spacial score (nSPS) is 15.5. The highest BCUT2D eigenvalue weighted by atomic mass is 35.5. The number of ether oxygens (including phenoxy) is 1. The smallest absolute Gasteiger partial charge is 0.154 e. The van der Waals surface area contributed by atoms with E-state index in [1.54, 1.807) is 0 Å². The van der Waals surface area contributed by atoms with Crippen LogP contribution in [0.4, 0.5) is 11.5 Å². The molecule has 1 aliphatic rings. The molecular weight excluding hydrogens is 348 g/mol. The molecule has 0 saturated carbocycles. The van der Waals surface area contributed by atoms with Crippen molar-refractivity contribution in [3.8, 4) is 0 Å². The molecule has 0 radical (unpaired) electrons. The summed E-state index contributed by atoms with van der Waals surface area (Å²) in [6.07, 6.45) is 1.99. The van der Waals surface area contributed by atoms with E-state index in [0.717, 1.165) is 49.9 Å². The van der Waals surface area contributed by atoms with Crippen LogP contribution in [0, 0.1) is 13.8 Å². The van der Waals surface area contributed by atoms with Crippen molar-refractivity contribution >= 4 is 34.0 Å². The van der Waals surface area contributed by atoms with E-state index in [4.69, 9.17) is 21.3 Å². The third-order valence-electron chi connectivity index (χ3n) is 4.99. The van der Waals surface area contributed by atoms with Crippen molar-refractivity contribution in [1.82, 2.24) is 14.9 Å².